The molecule has 0 bridgehead atoms. The van der Waals surface area contributed by atoms with Crippen molar-refractivity contribution in [3.8, 4) is 101 Å². The molecular formula is C55H37N5. The van der Waals surface area contributed by atoms with Gasteiger partial charge in [-0.2, -0.15) is 0 Å². The first kappa shape index (κ1) is 36.2. The molecule has 10 rings (SSSR count). The maximum atomic E-state index is 5.09. The first-order valence-electron chi connectivity index (χ1n) is 20.0. The molecule has 0 fully saturated rings. The summed E-state index contributed by atoms with van der Waals surface area (Å²) in [6, 6.07) is 77.1. The smallest absolute Gasteiger partial charge is 0.164 e. The summed E-state index contributed by atoms with van der Waals surface area (Å²) in [5.41, 5.74) is 14.4. The van der Waals surface area contributed by atoms with Gasteiger partial charge >= 0.3 is 0 Å². The van der Waals surface area contributed by atoms with Crippen LogP contribution < -0.4 is 0 Å². The van der Waals surface area contributed by atoms with Gasteiger partial charge in [0.25, 0.3) is 0 Å². The maximum Gasteiger partial charge on any atom is 0.164 e. The molecule has 0 aliphatic carbocycles. The Hall–Kier alpha value is -8.15. The van der Waals surface area contributed by atoms with Gasteiger partial charge in [0.05, 0.1) is 11.4 Å². The fourth-order valence-corrected chi connectivity index (χ4v) is 7.41. The van der Waals surface area contributed by atoms with Crippen molar-refractivity contribution in [1.29, 1.82) is 0 Å². The van der Waals surface area contributed by atoms with E-state index in [2.05, 4.69) is 140 Å². The minimum Gasteiger partial charge on any atom is -0.228 e. The molecule has 0 amide bonds. The molecule has 5 nitrogen and oxygen atoms in total. The van der Waals surface area contributed by atoms with Crippen LogP contribution in [0.15, 0.2) is 224 Å². The fraction of sp³-hybridized carbons (Fsp3) is 0. The number of benzene rings is 8. The summed E-state index contributed by atoms with van der Waals surface area (Å²) in [5, 5.41) is 0. The van der Waals surface area contributed by atoms with Gasteiger partial charge in [-0.3, -0.25) is 0 Å². The van der Waals surface area contributed by atoms with Gasteiger partial charge in [-0.05, 0) is 51.6 Å². The topological polar surface area (TPSA) is 64.5 Å². The Morgan fingerprint density at radius 3 is 0.833 bits per heavy atom. The van der Waals surface area contributed by atoms with Crippen molar-refractivity contribution in [3.63, 3.8) is 0 Å². The lowest BCUT2D eigenvalue weighted by atomic mass is 9.97. The van der Waals surface area contributed by atoms with E-state index in [4.69, 9.17) is 24.9 Å². The van der Waals surface area contributed by atoms with Crippen molar-refractivity contribution in [2.45, 2.75) is 0 Å². The van der Waals surface area contributed by atoms with Crippen molar-refractivity contribution >= 4 is 0 Å². The molecular weight excluding hydrogens is 731 g/mol. The second kappa shape index (κ2) is 16.4. The van der Waals surface area contributed by atoms with Crippen LogP contribution in [0.4, 0.5) is 0 Å². The molecule has 0 unspecified atom stereocenters. The molecule has 0 saturated heterocycles. The highest BCUT2D eigenvalue weighted by atomic mass is 15.0. The van der Waals surface area contributed by atoms with Crippen LogP contribution in [0.2, 0.25) is 0 Å². The van der Waals surface area contributed by atoms with Gasteiger partial charge in [0.1, 0.15) is 0 Å². The van der Waals surface area contributed by atoms with Gasteiger partial charge in [-0.25, -0.2) is 24.9 Å². The highest BCUT2D eigenvalue weighted by Crippen LogP contribution is 2.33. The van der Waals surface area contributed by atoms with E-state index in [1.807, 2.05) is 84.9 Å². The van der Waals surface area contributed by atoms with Gasteiger partial charge in [0.15, 0.2) is 23.3 Å². The van der Waals surface area contributed by atoms with Crippen molar-refractivity contribution in [1.82, 2.24) is 24.9 Å². The van der Waals surface area contributed by atoms with E-state index < -0.39 is 0 Å². The normalized spacial score (nSPS) is 11.0. The second-order valence-corrected chi connectivity index (χ2v) is 14.5. The zero-order valence-corrected chi connectivity index (χ0v) is 32.6. The minimum absolute atomic E-state index is 0.622. The maximum absolute atomic E-state index is 5.09. The molecule has 0 aliphatic rings. The Morgan fingerprint density at radius 2 is 0.433 bits per heavy atom. The Kier molecular flexibility index (Phi) is 9.88. The number of nitrogens with zero attached hydrogens (tertiary/aromatic N) is 5. The Morgan fingerprint density at radius 1 is 0.167 bits per heavy atom. The van der Waals surface area contributed by atoms with Crippen LogP contribution >= 0.6 is 0 Å². The summed E-state index contributed by atoms with van der Waals surface area (Å²) < 4.78 is 0. The molecule has 0 aliphatic heterocycles. The number of hydrogen-bond acceptors (Lipinski definition) is 5. The monoisotopic (exact) mass is 767 g/mol. The molecule has 10 aromatic rings. The van der Waals surface area contributed by atoms with E-state index in [1.54, 1.807) is 0 Å². The Labute approximate surface area is 349 Å². The molecule has 2 aromatic heterocycles. The summed E-state index contributed by atoms with van der Waals surface area (Å²) in [5.74, 6) is 2.58. The average molecular weight is 768 g/mol. The van der Waals surface area contributed by atoms with E-state index in [1.165, 1.54) is 16.7 Å². The predicted octanol–water partition coefficient (Wildman–Crippen LogP) is 13.7. The zero-order chi connectivity index (χ0) is 40.1. The third-order valence-electron chi connectivity index (χ3n) is 10.6. The van der Waals surface area contributed by atoms with Crippen LogP contribution in [-0.2, 0) is 0 Å². The lowest BCUT2D eigenvalue weighted by Crippen LogP contribution is -2.00. The molecule has 60 heavy (non-hydrogen) atoms. The van der Waals surface area contributed by atoms with Crippen LogP contribution in [0.5, 0.6) is 0 Å². The molecule has 0 saturated carbocycles. The third-order valence-corrected chi connectivity index (χ3v) is 10.6. The summed E-state index contributed by atoms with van der Waals surface area (Å²) in [6.45, 7) is 0. The van der Waals surface area contributed by atoms with Crippen molar-refractivity contribution < 1.29 is 0 Å². The molecule has 0 spiro atoms. The van der Waals surface area contributed by atoms with E-state index >= 15 is 0 Å². The summed E-state index contributed by atoms with van der Waals surface area (Å²) in [6.07, 6.45) is 0. The molecule has 0 radical (unpaired) electrons. The van der Waals surface area contributed by atoms with E-state index in [0.717, 1.165) is 61.5 Å². The van der Waals surface area contributed by atoms with Gasteiger partial charge in [-0.15, -0.1) is 0 Å². The van der Waals surface area contributed by atoms with E-state index in [-0.39, 0.29) is 0 Å². The van der Waals surface area contributed by atoms with Crippen LogP contribution in [0.1, 0.15) is 0 Å². The van der Waals surface area contributed by atoms with Gasteiger partial charge in [0, 0.05) is 33.4 Å². The zero-order valence-electron chi connectivity index (χ0n) is 32.6. The molecule has 8 aromatic carbocycles. The summed E-state index contributed by atoms with van der Waals surface area (Å²) in [7, 11) is 0. The van der Waals surface area contributed by atoms with Crippen LogP contribution in [0, 0.1) is 0 Å². The second-order valence-electron chi connectivity index (χ2n) is 14.5. The first-order chi connectivity index (χ1) is 29.7. The minimum atomic E-state index is 0.622. The Bertz CT molecular complexity index is 2990. The standard InChI is InChI=1S/C55H37N5/c1-5-15-38(16-6-1)46-23-13-24-47(35-46)39-27-31-41(32-28-39)50-37-51(57-52(56-50)43-17-7-2-8-18-43)42-33-29-40(30-34-42)48-25-14-26-49(36-48)55-59-53(44-19-9-3-10-20-44)58-54(60-55)45-21-11-4-12-22-45/h1-37H. The first-order valence-corrected chi connectivity index (χ1v) is 20.0. The molecule has 2 heterocycles. The number of rotatable bonds is 9. The fourth-order valence-electron chi connectivity index (χ4n) is 7.41. The van der Waals surface area contributed by atoms with Gasteiger partial charge in [0.2, 0.25) is 0 Å². The van der Waals surface area contributed by atoms with Crippen molar-refractivity contribution in [2.75, 3.05) is 0 Å². The number of aromatic nitrogens is 5. The largest absolute Gasteiger partial charge is 0.228 e. The lowest BCUT2D eigenvalue weighted by molar-refractivity contribution is 1.07. The lowest BCUT2D eigenvalue weighted by Gasteiger charge is -2.11. The average Bonchev–Trinajstić information content (AvgIpc) is 3.35. The van der Waals surface area contributed by atoms with Gasteiger partial charge < -0.3 is 0 Å². The molecule has 0 atom stereocenters. The van der Waals surface area contributed by atoms with Gasteiger partial charge in [-0.1, -0.05) is 206 Å². The van der Waals surface area contributed by atoms with Crippen LogP contribution in [0.3, 0.4) is 0 Å². The highest BCUT2D eigenvalue weighted by Gasteiger charge is 2.15. The highest BCUT2D eigenvalue weighted by molar-refractivity contribution is 5.78. The van der Waals surface area contributed by atoms with Crippen LogP contribution in [0.25, 0.3) is 101 Å². The van der Waals surface area contributed by atoms with Crippen molar-refractivity contribution in [3.05, 3.63) is 224 Å². The Balaban J connectivity index is 0.970. The molecule has 0 N–H and O–H groups in total. The predicted molar refractivity (Wildman–Crippen MR) is 244 cm³/mol. The third kappa shape index (κ3) is 7.76. The quantitative estimate of drug-likeness (QED) is 0.146. The molecule has 282 valence electrons. The van der Waals surface area contributed by atoms with E-state index in [9.17, 15) is 0 Å². The summed E-state index contributed by atoms with van der Waals surface area (Å²) >= 11 is 0. The van der Waals surface area contributed by atoms with E-state index in [0.29, 0.717) is 23.3 Å². The van der Waals surface area contributed by atoms with Crippen molar-refractivity contribution in [2.24, 2.45) is 0 Å². The SMILES string of the molecule is c1ccc(-c2cccc(-c3ccc(-c4cc(-c5ccc(-c6cccc(-c7nc(-c8ccccc8)nc(-c8ccccc8)n7)c6)cc5)nc(-c5ccccc5)n4)cc3)c2)cc1. The molecule has 5 heteroatoms. The summed E-state index contributed by atoms with van der Waals surface area (Å²) in [4.78, 5) is 24.9. The number of hydrogen-bond donors (Lipinski definition) is 0. The van der Waals surface area contributed by atoms with Crippen LogP contribution in [-0.4, -0.2) is 24.9 Å².